The predicted octanol–water partition coefficient (Wildman–Crippen LogP) is -4.19. The molecule has 5 atom stereocenters. The summed E-state index contributed by atoms with van der Waals surface area (Å²) in [6.45, 7) is -0.0528. The lowest BCUT2D eigenvalue weighted by molar-refractivity contribution is -0.144. The van der Waals surface area contributed by atoms with Crippen molar-refractivity contribution in [1.82, 2.24) is 30.8 Å². The molecule has 15 nitrogen and oxygen atoms in total. The van der Waals surface area contributed by atoms with Crippen molar-refractivity contribution in [3.05, 3.63) is 18.2 Å². The molecule has 0 unspecified atom stereocenters. The van der Waals surface area contributed by atoms with Crippen LogP contribution in [0.2, 0.25) is 0 Å². The van der Waals surface area contributed by atoms with E-state index in [2.05, 4.69) is 20.6 Å². The minimum Gasteiger partial charge on any atom is -0.480 e. The first-order chi connectivity index (χ1) is 16.6. The Kier molecular flexibility index (Phi) is 10.1. The van der Waals surface area contributed by atoms with E-state index in [1.54, 1.807) is 0 Å². The zero-order valence-corrected chi connectivity index (χ0v) is 19.1. The number of aliphatic carboxylic acids is 1. The summed E-state index contributed by atoms with van der Waals surface area (Å²) >= 11 is 0. The predicted molar refractivity (Wildman–Crippen MR) is 118 cm³/mol. The Labute approximate surface area is 200 Å². The number of aliphatic hydroxyl groups excluding tert-OH is 2. The van der Waals surface area contributed by atoms with Crippen LogP contribution in [0.4, 0.5) is 0 Å². The number of carboxylic acid groups (broad SMARTS) is 1. The Morgan fingerprint density at radius 3 is 2.31 bits per heavy atom. The molecule has 1 aliphatic rings. The van der Waals surface area contributed by atoms with Crippen LogP contribution in [0.1, 0.15) is 25.5 Å². The number of carbonyl (C=O) groups is 5. The third-order valence-corrected chi connectivity index (χ3v) is 5.46. The lowest BCUT2D eigenvalue weighted by atomic mass is 10.1. The van der Waals surface area contributed by atoms with Crippen LogP contribution < -0.4 is 21.7 Å². The van der Waals surface area contributed by atoms with E-state index in [4.69, 9.17) is 15.9 Å². The summed E-state index contributed by atoms with van der Waals surface area (Å²) in [4.78, 5) is 69.7. The van der Waals surface area contributed by atoms with Crippen molar-refractivity contribution in [2.75, 3.05) is 19.8 Å². The van der Waals surface area contributed by atoms with E-state index in [1.807, 2.05) is 5.32 Å². The number of nitrogens with one attached hydrogen (secondary N) is 4. The van der Waals surface area contributed by atoms with E-state index < -0.39 is 73.0 Å². The summed E-state index contributed by atoms with van der Waals surface area (Å²) in [5.74, 6) is -4.34. The number of hydrogen-bond donors (Lipinski definition) is 8. The first-order valence-corrected chi connectivity index (χ1v) is 11.0. The number of carboxylic acids is 1. The SMILES string of the molecule is C[C@H](N)C(=O)N[C@@H](Cc1cnc[nH]1)C(=O)N1CCC[C@H]1C(=O)N[C@@H](CO)C(=O)N[C@@H](CO)C(=O)O. The van der Waals surface area contributed by atoms with Crippen LogP contribution in [0, 0.1) is 0 Å². The smallest absolute Gasteiger partial charge is 0.328 e. The van der Waals surface area contributed by atoms with Crippen LogP contribution in [0.15, 0.2) is 12.5 Å². The molecule has 1 aliphatic heterocycles. The largest absolute Gasteiger partial charge is 0.480 e. The highest BCUT2D eigenvalue weighted by molar-refractivity contribution is 5.95. The summed E-state index contributed by atoms with van der Waals surface area (Å²) < 4.78 is 0. The van der Waals surface area contributed by atoms with E-state index in [0.717, 1.165) is 0 Å². The van der Waals surface area contributed by atoms with Crippen molar-refractivity contribution in [1.29, 1.82) is 0 Å². The quantitative estimate of drug-likeness (QED) is 0.138. The summed E-state index contributed by atoms with van der Waals surface area (Å²) in [5.41, 5.74) is 6.18. The average Bonchev–Trinajstić information content (AvgIpc) is 3.51. The molecule has 1 aromatic heterocycles. The molecule has 0 bridgehead atoms. The standard InChI is InChI=1S/C20H31N7O8/c1-10(21)16(30)24-12(5-11-6-22-9-23-11)19(33)27-4-2-3-15(27)18(32)25-13(7-28)17(31)26-14(8-29)20(34)35/h6,9-10,12-15,28-29H,2-5,7-8,21H2,1H3,(H,22,23)(H,24,30)(H,25,32)(H,26,31)(H,34,35)/t10-,12-,13-,14-,15-/m0/s1. The van der Waals surface area contributed by atoms with Gasteiger partial charge in [0.05, 0.1) is 25.6 Å². The van der Waals surface area contributed by atoms with Crippen LogP contribution in [0.5, 0.6) is 0 Å². The number of amides is 4. The molecule has 0 saturated carbocycles. The molecule has 0 radical (unpaired) electrons. The van der Waals surface area contributed by atoms with Gasteiger partial charge in [-0.15, -0.1) is 0 Å². The highest BCUT2D eigenvalue weighted by atomic mass is 16.4. The van der Waals surface area contributed by atoms with Gasteiger partial charge in [-0.1, -0.05) is 0 Å². The second-order valence-corrected chi connectivity index (χ2v) is 8.15. The maximum Gasteiger partial charge on any atom is 0.328 e. The number of aliphatic hydroxyl groups is 2. The maximum absolute atomic E-state index is 13.3. The summed E-state index contributed by atoms with van der Waals surface area (Å²) in [6, 6.07) is -6.03. The minimum absolute atomic E-state index is 0.0710. The monoisotopic (exact) mass is 497 g/mol. The fourth-order valence-corrected chi connectivity index (χ4v) is 3.54. The third-order valence-electron chi connectivity index (χ3n) is 5.46. The number of rotatable bonds is 12. The van der Waals surface area contributed by atoms with Gasteiger partial charge >= 0.3 is 5.97 Å². The van der Waals surface area contributed by atoms with E-state index >= 15 is 0 Å². The van der Waals surface area contributed by atoms with Gasteiger partial charge in [-0.25, -0.2) is 9.78 Å². The van der Waals surface area contributed by atoms with Crippen molar-refractivity contribution in [3.8, 4) is 0 Å². The third kappa shape index (κ3) is 7.46. The van der Waals surface area contributed by atoms with Gasteiger partial charge in [-0.3, -0.25) is 19.2 Å². The Morgan fingerprint density at radius 1 is 1.11 bits per heavy atom. The zero-order valence-electron chi connectivity index (χ0n) is 19.1. The second kappa shape index (κ2) is 12.8. The van der Waals surface area contributed by atoms with E-state index in [0.29, 0.717) is 12.1 Å². The fourth-order valence-electron chi connectivity index (χ4n) is 3.54. The summed E-state index contributed by atoms with van der Waals surface area (Å²) in [6.07, 6.45) is 3.73. The van der Waals surface area contributed by atoms with Gasteiger partial charge in [0.1, 0.15) is 24.2 Å². The van der Waals surface area contributed by atoms with E-state index in [1.165, 1.54) is 24.3 Å². The number of carbonyl (C=O) groups excluding carboxylic acids is 4. The first kappa shape index (κ1) is 27.7. The minimum atomic E-state index is -1.62. The van der Waals surface area contributed by atoms with Gasteiger partial charge in [-0.05, 0) is 19.8 Å². The summed E-state index contributed by atoms with van der Waals surface area (Å²) in [5, 5.41) is 34.5. The average molecular weight is 498 g/mol. The molecule has 15 heteroatoms. The Balaban J connectivity index is 2.12. The normalized spacial score (nSPS) is 18.7. The number of nitrogens with two attached hydrogens (primary N) is 1. The van der Waals surface area contributed by atoms with Gasteiger partial charge in [0, 0.05) is 24.9 Å². The number of hydrogen-bond acceptors (Lipinski definition) is 9. The van der Waals surface area contributed by atoms with Crippen LogP contribution >= 0.6 is 0 Å². The van der Waals surface area contributed by atoms with E-state index in [9.17, 15) is 29.1 Å². The van der Waals surface area contributed by atoms with Gasteiger partial charge < -0.3 is 46.9 Å². The lowest BCUT2D eigenvalue weighted by Crippen LogP contribution is -2.59. The van der Waals surface area contributed by atoms with E-state index in [-0.39, 0.29) is 19.4 Å². The first-order valence-electron chi connectivity index (χ1n) is 11.0. The van der Waals surface area contributed by atoms with Crippen molar-refractivity contribution < 1.29 is 39.3 Å². The van der Waals surface area contributed by atoms with Crippen LogP contribution in [-0.2, 0) is 30.4 Å². The molecule has 2 heterocycles. The molecule has 4 amide bonds. The number of imidazole rings is 1. The second-order valence-electron chi connectivity index (χ2n) is 8.15. The number of likely N-dealkylation sites (tertiary alicyclic amines) is 1. The molecule has 1 fully saturated rings. The molecular weight excluding hydrogens is 466 g/mol. The molecule has 0 spiro atoms. The molecule has 1 aromatic rings. The number of nitrogens with zero attached hydrogens (tertiary/aromatic N) is 2. The molecular formula is C20H31N7O8. The molecule has 0 aromatic carbocycles. The lowest BCUT2D eigenvalue weighted by Gasteiger charge is -2.30. The Morgan fingerprint density at radius 2 is 1.77 bits per heavy atom. The molecule has 1 saturated heterocycles. The van der Waals surface area contributed by atoms with Crippen LogP contribution in [0.25, 0.3) is 0 Å². The topological polar surface area (TPSA) is 240 Å². The Bertz CT molecular complexity index is 907. The molecule has 0 aliphatic carbocycles. The van der Waals surface area contributed by atoms with Gasteiger partial charge in [0.15, 0.2) is 0 Å². The molecule has 9 N–H and O–H groups in total. The molecule has 194 valence electrons. The van der Waals surface area contributed by atoms with Crippen molar-refractivity contribution in [2.45, 2.75) is 56.4 Å². The fraction of sp³-hybridized carbons (Fsp3) is 0.600. The molecule has 35 heavy (non-hydrogen) atoms. The summed E-state index contributed by atoms with van der Waals surface area (Å²) in [7, 11) is 0. The van der Waals surface area contributed by atoms with Gasteiger partial charge in [0.2, 0.25) is 23.6 Å². The molecule has 2 rings (SSSR count). The van der Waals surface area contributed by atoms with Crippen molar-refractivity contribution >= 4 is 29.6 Å². The van der Waals surface area contributed by atoms with Crippen molar-refractivity contribution in [3.63, 3.8) is 0 Å². The van der Waals surface area contributed by atoms with Gasteiger partial charge in [0.25, 0.3) is 0 Å². The number of aromatic amines is 1. The highest BCUT2D eigenvalue weighted by Gasteiger charge is 2.39. The number of H-pyrrole nitrogens is 1. The Hall–Kier alpha value is -3.56. The van der Waals surface area contributed by atoms with Gasteiger partial charge in [-0.2, -0.15) is 0 Å². The zero-order chi connectivity index (χ0) is 26.1. The van der Waals surface area contributed by atoms with Crippen LogP contribution in [-0.4, -0.2) is 110 Å². The highest BCUT2D eigenvalue weighted by Crippen LogP contribution is 2.20. The van der Waals surface area contributed by atoms with Crippen LogP contribution in [0.3, 0.4) is 0 Å². The van der Waals surface area contributed by atoms with Crippen molar-refractivity contribution in [2.24, 2.45) is 5.73 Å². The number of aromatic nitrogens is 2. The maximum atomic E-state index is 13.3.